The number of aromatic amines is 1. The number of rotatable bonds is 5. The van der Waals surface area contributed by atoms with Gasteiger partial charge in [0.25, 0.3) is 0 Å². The Kier molecular flexibility index (Phi) is 6.75. The Morgan fingerprint density at radius 3 is 2.59 bits per heavy atom. The second kappa shape index (κ2) is 10.1. The number of hydrogen-bond acceptors (Lipinski definition) is 7. The Balaban J connectivity index is 1.38. The van der Waals surface area contributed by atoms with Gasteiger partial charge in [-0.1, -0.05) is 25.1 Å². The molecule has 0 saturated carbocycles. The zero-order valence-corrected chi connectivity index (χ0v) is 24.0. The first-order valence-electron chi connectivity index (χ1n) is 13.8. The number of carbonyl (C=O) groups excluding carboxylic acids is 1. The number of aromatic nitrogens is 4. The van der Waals surface area contributed by atoms with Gasteiger partial charge in [-0.15, -0.1) is 0 Å². The van der Waals surface area contributed by atoms with Crippen LogP contribution in [-0.2, 0) is 17.6 Å². The van der Waals surface area contributed by atoms with Gasteiger partial charge in [-0.2, -0.15) is 10.1 Å². The van der Waals surface area contributed by atoms with E-state index in [0.717, 1.165) is 78.0 Å². The van der Waals surface area contributed by atoms with Crippen molar-refractivity contribution in [2.75, 3.05) is 63.2 Å². The number of nitrogens with zero attached hydrogens (tertiary/aromatic N) is 7. The first-order valence-corrected chi connectivity index (χ1v) is 14.2. The standard InChI is InChI=1S/C29H37ClN8O/c1-6-25(39)36-7-9-37(10-8-36)28-21-11-17(2)20(26-22-14-31-34-24(22)12-18(3)27(26)30)13-23(21)32-29(33-28)38-15-19(16-38)35(4)5/h6,12,14,17,19-20H,1,7-11,13,15-16H2,2-5H3,(H,31,34)/t17-,20?/m1/s1. The highest BCUT2D eigenvalue weighted by molar-refractivity contribution is 6.33. The SMILES string of the molecule is C=CC(=O)N1CCN(c2nc(N3CC(N(C)C)C3)nc3c2C[C@@H](C)C(c2c(Cl)c(C)cc4[nH]ncc24)C3)CC1. The number of piperazine rings is 1. The molecule has 4 heterocycles. The molecular formula is C29H37ClN8O. The van der Waals surface area contributed by atoms with Crippen molar-refractivity contribution in [3.63, 3.8) is 0 Å². The lowest BCUT2D eigenvalue weighted by atomic mass is 9.74. The molecular weight excluding hydrogens is 512 g/mol. The molecule has 39 heavy (non-hydrogen) atoms. The van der Waals surface area contributed by atoms with E-state index in [4.69, 9.17) is 21.6 Å². The van der Waals surface area contributed by atoms with E-state index in [9.17, 15) is 4.79 Å². The van der Waals surface area contributed by atoms with Gasteiger partial charge in [-0.3, -0.25) is 9.89 Å². The molecule has 0 bridgehead atoms. The lowest BCUT2D eigenvalue weighted by Crippen LogP contribution is -2.58. The molecule has 2 fully saturated rings. The number of likely N-dealkylation sites (N-methyl/N-ethyl adjacent to an activating group) is 1. The number of halogens is 1. The van der Waals surface area contributed by atoms with Crippen molar-refractivity contribution in [3.05, 3.63) is 52.3 Å². The predicted octanol–water partition coefficient (Wildman–Crippen LogP) is 3.42. The maximum absolute atomic E-state index is 12.2. The van der Waals surface area contributed by atoms with E-state index in [1.54, 1.807) is 0 Å². The molecule has 9 nitrogen and oxygen atoms in total. The van der Waals surface area contributed by atoms with Crippen molar-refractivity contribution in [2.24, 2.45) is 5.92 Å². The zero-order chi connectivity index (χ0) is 27.4. The molecule has 10 heteroatoms. The molecule has 3 aromatic rings. The van der Waals surface area contributed by atoms with Gasteiger partial charge in [0.05, 0.1) is 17.4 Å². The van der Waals surface area contributed by atoms with E-state index in [-0.39, 0.29) is 11.8 Å². The summed E-state index contributed by atoms with van der Waals surface area (Å²) in [6, 6.07) is 2.59. The van der Waals surface area contributed by atoms with Crippen LogP contribution in [0.5, 0.6) is 0 Å². The van der Waals surface area contributed by atoms with Gasteiger partial charge >= 0.3 is 0 Å². The van der Waals surface area contributed by atoms with Crippen LogP contribution >= 0.6 is 11.6 Å². The van der Waals surface area contributed by atoms with Crippen molar-refractivity contribution in [1.82, 2.24) is 30.0 Å². The van der Waals surface area contributed by atoms with Crippen LogP contribution in [0.25, 0.3) is 10.9 Å². The van der Waals surface area contributed by atoms with Crippen LogP contribution in [0.2, 0.25) is 5.02 Å². The average Bonchev–Trinajstić information content (AvgIpc) is 3.35. The molecule has 2 aromatic heterocycles. The molecule has 1 aliphatic carbocycles. The van der Waals surface area contributed by atoms with E-state index in [2.05, 4.69) is 65.5 Å². The van der Waals surface area contributed by atoms with Crippen molar-refractivity contribution >= 4 is 40.2 Å². The predicted molar refractivity (Wildman–Crippen MR) is 156 cm³/mol. The number of benzene rings is 1. The third-order valence-electron chi connectivity index (χ3n) is 8.90. The number of carbonyl (C=O) groups is 1. The van der Waals surface area contributed by atoms with Gasteiger partial charge in [-0.25, -0.2) is 4.98 Å². The van der Waals surface area contributed by atoms with Gasteiger partial charge in [-0.05, 0) is 69.0 Å². The minimum atomic E-state index is -0.00702. The minimum absolute atomic E-state index is 0.00702. The average molecular weight is 549 g/mol. The topological polar surface area (TPSA) is 84.5 Å². The summed E-state index contributed by atoms with van der Waals surface area (Å²) in [6.45, 7) is 12.7. The molecule has 0 radical (unpaired) electrons. The molecule has 0 spiro atoms. The Morgan fingerprint density at radius 1 is 1.15 bits per heavy atom. The number of fused-ring (bicyclic) bond motifs is 2. The lowest BCUT2D eigenvalue weighted by Gasteiger charge is -2.44. The minimum Gasteiger partial charge on any atom is -0.353 e. The molecule has 2 saturated heterocycles. The van der Waals surface area contributed by atoms with Gasteiger partial charge in [0.1, 0.15) is 5.82 Å². The second-order valence-corrected chi connectivity index (χ2v) is 11.9. The lowest BCUT2D eigenvalue weighted by molar-refractivity contribution is -0.126. The number of aryl methyl sites for hydroxylation is 1. The summed E-state index contributed by atoms with van der Waals surface area (Å²) in [5, 5.41) is 9.39. The molecule has 6 rings (SSSR count). The molecule has 206 valence electrons. The largest absolute Gasteiger partial charge is 0.353 e. The summed E-state index contributed by atoms with van der Waals surface area (Å²) in [4.78, 5) is 31.3. The molecule has 2 aliphatic heterocycles. The maximum Gasteiger partial charge on any atom is 0.246 e. The van der Waals surface area contributed by atoms with Crippen molar-refractivity contribution in [1.29, 1.82) is 0 Å². The van der Waals surface area contributed by atoms with Crippen LogP contribution in [0, 0.1) is 12.8 Å². The van der Waals surface area contributed by atoms with Crippen LogP contribution in [0.3, 0.4) is 0 Å². The summed E-state index contributed by atoms with van der Waals surface area (Å²) < 4.78 is 0. The van der Waals surface area contributed by atoms with E-state index in [0.29, 0.717) is 25.0 Å². The number of anilines is 2. The van der Waals surface area contributed by atoms with Gasteiger partial charge in [0.15, 0.2) is 0 Å². The van der Waals surface area contributed by atoms with E-state index in [1.807, 2.05) is 11.1 Å². The summed E-state index contributed by atoms with van der Waals surface area (Å²) in [6.07, 6.45) is 4.99. The quantitative estimate of drug-likeness (QED) is 0.489. The number of amides is 1. The van der Waals surface area contributed by atoms with Crippen LogP contribution in [0.15, 0.2) is 24.9 Å². The third-order valence-corrected chi connectivity index (χ3v) is 9.40. The monoisotopic (exact) mass is 548 g/mol. The summed E-state index contributed by atoms with van der Waals surface area (Å²) in [5.41, 5.74) is 5.62. The third kappa shape index (κ3) is 4.55. The van der Waals surface area contributed by atoms with Crippen molar-refractivity contribution < 1.29 is 4.79 Å². The van der Waals surface area contributed by atoms with E-state index < -0.39 is 0 Å². The smallest absolute Gasteiger partial charge is 0.246 e. The second-order valence-electron chi connectivity index (χ2n) is 11.6. The maximum atomic E-state index is 12.2. The van der Waals surface area contributed by atoms with E-state index >= 15 is 0 Å². The highest BCUT2D eigenvalue weighted by atomic mass is 35.5. The van der Waals surface area contributed by atoms with Gasteiger partial charge in [0.2, 0.25) is 11.9 Å². The van der Waals surface area contributed by atoms with Crippen LogP contribution in [0.1, 0.15) is 35.2 Å². The fourth-order valence-corrected chi connectivity index (χ4v) is 6.65. The molecule has 1 unspecified atom stereocenters. The summed E-state index contributed by atoms with van der Waals surface area (Å²) in [7, 11) is 4.25. The van der Waals surface area contributed by atoms with Gasteiger partial charge < -0.3 is 19.6 Å². The highest BCUT2D eigenvalue weighted by Gasteiger charge is 2.37. The molecule has 1 aromatic carbocycles. The zero-order valence-electron chi connectivity index (χ0n) is 23.2. The first kappa shape index (κ1) is 26.1. The summed E-state index contributed by atoms with van der Waals surface area (Å²) in [5.74, 6) is 2.42. The number of nitrogens with one attached hydrogen (secondary N) is 1. The Hall–Kier alpha value is -3.17. The molecule has 2 atom stereocenters. The van der Waals surface area contributed by atoms with Crippen LogP contribution in [-0.4, -0.2) is 95.3 Å². The van der Waals surface area contributed by atoms with Crippen LogP contribution in [0.4, 0.5) is 11.8 Å². The molecule has 1 N–H and O–H groups in total. The Bertz CT molecular complexity index is 1420. The molecule has 1 amide bonds. The summed E-state index contributed by atoms with van der Waals surface area (Å²) >= 11 is 6.98. The Morgan fingerprint density at radius 2 is 1.90 bits per heavy atom. The number of H-pyrrole nitrogens is 1. The fourth-order valence-electron chi connectivity index (χ4n) is 6.35. The highest BCUT2D eigenvalue weighted by Crippen LogP contribution is 2.45. The fraction of sp³-hybridized carbons (Fsp3) is 0.517. The Labute approximate surface area is 234 Å². The first-order chi connectivity index (χ1) is 18.7. The number of hydrogen-bond donors (Lipinski definition) is 1. The van der Waals surface area contributed by atoms with Crippen molar-refractivity contribution in [3.8, 4) is 0 Å². The molecule has 3 aliphatic rings. The normalized spacial score (nSPS) is 21.8. The van der Waals surface area contributed by atoms with E-state index in [1.165, 1.54) is 17.2 Å². The van der Waals surface area contributed by atoms with Crippen molar-refractivity contribution in [2.45, 2.75) is 38.6 Å². The van der Waals surface area contributed by atoms with Crippen LogP contribution < -0.4 is 9.80 Å². The van der Waals surface area contributed by atoms with Gasteiger partial charge in [0, 0.05) is 61.3 Å².